The molecule has 2 aliphatic rings. The van der Waals surface area contributed by atoms with E-state index in [1.807, 2.05) is 0 Å². The van der Waals surface area contributed by atoms with Crippen LogP contribution in [0.2, 0.25) is 13.1 Å². The second-order valence-corrected chi connectivity index (χ2v) is 56.9. The van der Waals surface area contributed by atoms with E-state index in [0.29, 0.717) is 11.8 Å². The van der Waals surface area contributed by atoms with Crippen LogP contribution in [0.5, 0.6) is 0 Å². The summed E-state index contributed by atoms with van der Waals surface area (Å²) in [7, 11) is 17.6. The molecule has 0 radical (unpaired) electrons. The molecular formula is C42H49Cl2SiZr. The summed E-state index contributed by atoms with van der Waals surface area (Å²) in [6.07, 6.45) is 7.21. The van der Waals surface area contributed by atoms with Gasteiger partial charge < -0.3 is 0 Å². The Balaban J connectivity index is 1.67. The van der Waals surface area contributed by atoms with Crippen LogP contribution in [0.3, 0.4) is 0 Å². The molecule has 4 heteroatoms. The van der Waals surface area contributed by atoms with Gasteiger partial charge in [0.15, 0.2) is 0 Å². The molecule has 0 fully saturated rings. The fourth-order valence-electron chi connectivity index (χ4n) is 8.53. The number of halogens is 2. The normalized spacial score (nSPS) is 19.6. The summed E-state index contributed by atoms with van der Waals surface area (Å²) in [5.41, 5.74) is 16.2. The van der Waals surface area contributed by atoms with Crippen molar-refractivity contribution >= 4 is 35.1 Å². The van der Waals surface area contributed by atoms with Crippen LogP contribution in [0.1, 0.15) is 81.2 Å². The van der Waals surface area contributed by atoms with Crippen molar-refractivity contribution in [3.63, 3.8) is 0 Å². The van der Waals surface area contributed by atoms with Gasteiger partial charge in [-0.3, -0.25) is 0 Å². The summed E-state index contributed by atoms with van der Waals surface area (Å²) in [5, 5.41) is 0. The van der Waals surface area contributed by atoms with E-state index in [9.17, 15) is 0 Å². The monoisotopic (exact) mass is 741 g/mol. The van der Waals surface area contributed by atoms with Gasteiger partial charge in [-0.05, 0) is 0 Å². The molecule has 0 bridgehead atoms. The third-order valence-corrected chi connectivity index (χ3v) is 63.2. The Hall–Kier alpha value is -1.96. The Kier molecular flexibility index (Phi) is 9.45. The molecule has 0 N–H and O–H groups in total. The van der Waals surface area contributed by atoms with Crippen LogP contribution in [0, 0.1) is 25.7 Å². The molecule has 0 saturated heterocycles. The topological polar surface area (TPSA) is 0 Å². The summed E-state index contributed by atoms with van der Waals surface area (Å²) in [6.45, 7) is 18.9. The van der Waals surface area contributed by atoms with Crippen LogP contribution in [0.15, 0.2) is 96.1 Å². The first kappa shape index (κ1) is 33.9. The summed E-state index contributed by atoms with van der Waals surface area (Å²) < 4.78 is 0.184. The quantitative estimate of drug-likeness (QED) is 0.150. The van der Waals surface area contributed by atoms with E-state index >= 15 is 0 Å². The van der Waals surface area contributed by atoms with Crippen LogP contribution in [-0.2, 0) is 15.6 Å². The third kappa shape index (κ3) is 5.26. The van der Waals surface area contributed by atoms with Gasteiger partial charge >= 0.3 is 289 Å². The molecule has 0 heterocycles. The first-order chi connectivity index (χ1) is 21.9. The predicted octanol–water partition coefficient (Wildman–Crippen LogP) is 13.3. The molecule has 0 amide bonds. The van der Waals surface area contributed by atoms with Crippen molar-refractivity contribution in [2.75, 3.05) is 0 Å². The SMILES string of the molecule is CCC(C)C1=Cc2c(ccc(C)c2-c2ccccc2)[CH]1[Zr]([Cl])([Cl])([CH]1C(C(C)CC)=Cc2c1ccc(C)c2-c1ccccc1)[SiH](C)C. The molecule has 46 heavy (non-hydrogen) atoms. The van der Waals surface area contributed by atoms with Gasteiger partial charge in [-0.15, -0.1) is 0 Å². The number of allylic oxidation sites excluding steroid dienone is 2. The molecule has 4 aromatic carbocycles. The molecule has 4 aromatic rings. The number of aryl methyl sites for hydroxylation is 2. The Morgan fingerprint density at radius 3 is 1.30 bits per heavy atom. The van der Waals surface area contributed by atoms with E-state index < -0.39 is 21.5 Å². The van der Waals surface area contributed by atoms with Crippen LogP contribution in [-0.4, -0.2) is 5.92 Å². The average molecular weight is 744 g/mol. The van der Waals surface area contributed by atoms with Gasteiger partial charge in [0.05, 0.1) is 0 Å². The minimum atomic E-state index is -4.92. The van der Waals surface area contributed by atoms with Crippen LogP contribution in [0.4, 0.5) is 0 Å². The van der Waals surface area contributed by atoms with Crippen molar-refractivity contribution in [2.24, 2.45) is 11.8 Å². The summed E-state index contributed by atoms with van der Waals surface area (Å²) >= 11 is -4.92. The van der Waals surface area contributed by atoms with Gasteiger partial charge in [0, 0.05) is 0 Å². The minimum absolute atomic E-state index is 0.0920. The zero-order chi connectivity index (χ0) is 33.0. The van der Waals surface area contributed by atoms with Crippen LogP contribution in [0.25, 0.3) is 34.4 Å². The maximum absolute atomic E-state index is 8.82. The molecule has 6 rings (SSSR count). The van der Waals surface area contributed by atoms with E-state index in [4.69, 9.17) is 17.0 Å². The molecule has 0 nitrogen and oxygen atoms in total. The number of benzene rings is 4. The third-order valence-electron chi connectivity index (χ3n) is 11.6. The average Bonchev–Trinajstić information content (AvgIpc) is 3.65. The predicted molar refractivity (Wildman–Crippen MR) is 204 cm³/mol. The first-order valence-electron chi connectivity index (χ1n) is 17.3. The van der Waals surface area contributed by atoms with Crippen molar-refractivity contribution in [3.05, 3.63) is 129 Å². The fraction of sp³-hybridized carbons (Fsp3) is 0.333. The summed E-state index contributed by atoms with van der Waals surface area (Å²) in [6, 6.07) is 31.3. The van der Waals surface area contributed by atoms with Gasteiger partial charge in [0.1, 0.15) is 0 Å². The molecule has 0 spiro atoms. The van der Waals surface area contributed by atoms with E-state index in [1.54, 1.807) is 0 Å². The second kappa shape index (κ2) is 12.8. The van der Waals surface area contributed by atoms with Gasteiger partial charge in [-0.25, -0.2) is 0 Å². The summed E-state index contributed by atoms with van der Waals surface area (Å²) in [4.78, 5) is 0. The van der Waals surface area contributed by atoms with Crippen molar-refractivity contribution in [3.8, 4) is 22.3 Å². The Bertz CT molecular complexity index is 1710. The van der Waals surface area contributed by atoms with Gasteiger partial charge in [0.25, 0.3) is 0 Å². The fourth-order valence-corrected chi connectivity index (χ4v) is 39.8. The van der Waals surface area contributed by atoms with Crippen LogP contribution >= 0.6 is 17.0 Å². The molecule has 0 aromatic heterocycles. The zero-order valence-electron chi connectivity index (χ0n) is 28.8. The molecule has 4 unspecified atom stereocenters. The van der Waals surface area contributed by atoms with E-state index in [0.717, 1.165) is 12.8 Å². The van der Waals surface area contributed by atoms with Crippen molar-refractivity contribution in [2.45, 2.75) is 74.7 Å². The van der Waals surface area contributed by atoms with Crippen molar-refractivity contribution in [1.82, 2.24) is 0 Å². The van der Waals surface area contributed by atoms with E-state index in [2.05, 4.69) is 152 Å². The van der Waals surface area contributed by atoms with Gasteiger partial charge in [0.2, 0.25) is 0 Å². The Morgan fingerprint density at radius 2 is 0.978 bits per heavy atom. The molecule has 239 valence electrons. The number of hydrogen-bond donors (Lipinski definition) is 0. The second-order valence-electron chi connectivity index (χ2n) is 14.4. The van der Waals surface area contributed by atoms with E-state index in [1.165, 1.54) is 66.8 Å². The molecule has 2 aliphatic carbocycles. The summed E-state index contributed by atoms with van der Waals surface area (Å²) in [5.74, 6) is -0.871. The van der Waals surface area contributed by atoms with Gasteiger partial charge in [-0.1, -0.05) is 0 Å². The molecule has 0 aliphatic heterocycles. The zero-order valence-corrected chi connectivity index (χ0v) is 33.9. The first-order valence-corrected chi connectivity index (χ1v) is 33.6. The van der Waals surface area contributed by atoms with Crippen molar-refractivity contribution in [1.29, 1.82) is 0 Å². The van der Waals surface area contributed by atoms with Crippen molar-refractivity contribution < 1.29 is 15.6 Å². The number of hydrogen-bond acceptors (Lipinski definition) is 0. The Labute approximate surface area is 286 Å². The van der Waals surface area contributed by atoms with E-state index in [-0.39, 0.29) is 7.25 Å². The molecule has 4 atom stereocenters. The van der Waals surface area contributed by atoms with Gasteiger partial charge in [-0.2, -0.15) is 0 Å². The maximum atomic E-state index is 8.82. The number of fused-ring (bicyclic) bond motifs is 2. The molecule has 0 saturated carbocycles. The number of rotatable bonds is 9. The standard InChI is InChI=1S/2C20H21.C2H7Si.2ClH.Zr/c2*1-4-14(2)18-12-17-11-10-15(3)20(19(17)13-18)16-8-6-5-7-9-16;1-3-2;;;/h2*5-14H,4H2,1-3H3;3H,1-2H3;2*1H;/q;;;;;+2/p-2. The Morgan fingerprint density at radius 1 is 0.609 bits per heavy atom. The van der Waals surface area contributed by atoms with Crippen LogP contribution < -0.4 is 0 Å². The molecular weight excluding hydrogens is 695 g/mol.